The van der Waals surface area contributed by atoms with E-state index in [4.69, 9.17) is 0 Å². The van der Waals surface area contributed by atoms with Gasteiger partial charge in [0, 0.05) is 36.8 Å². The molecule has 0 fully saturated rings. The topological polar surface area (TPSA) is 68.4 Å². The molecule has 0 unspecified atom stereocenters. The molecule has 0 spiro atoms. The molecule has 35 heavy (non-hydrogen) atoms. The van der Waals surface area contributed by atoms with Crippen molar-refractivity contribution in [2.75, 3.05) is 23.0 Å². The maximum Gasteiger partial charge on any atom is 0.419 e. The first kappa shape index (κ1) is 23.0. The predicted octanol–water partition coefficient (Wildman–Crippen LogP) is 4.21. The number of nitrogens with zero attached hydrogens (tertiary/aromatic N) is 2. The molecule has 3 aromatic rings. The lowest BCUT2D eigenvalue weighted by Crippen LogP contribution is -2.46. The fourth-order valence-electron chi connectivity index (χ4n) is 4.38. The molecule has 0 aliphatic carbocycles. The van der Waals surface area contributed by atoms with Crippen LogP contribution in [0, 0.1) is 17.5 Å². The molecule has 0 saturated heterocycles. The molecule has 2 aromatic carbocycles. The molecule has 6 nitrogen and oxygen atoms in total. The second-order valence-electron chi connectivity index (χ2n) is 8.12. The van der Waals surface area contributed by atoms with Crippen molar-refractivity contribution in [2.24, 2.45) is 0 Å². The van der Waals surface area contributed by atoms with Gasteiger partial charge in [-0.1, -0.05) is 0 Å². The number of hydrogen-bond donors (Lipinski definition) is 2. The van der Waals surface area contributed by atoms with Gasteiger partial charge in [0.2, 0.25) is 5.56 Å². The van der Waals surface area contributed by atoms with Gasteiger partial charge in [-0.25, -0.2) is 13.2 Å². The molecule has 0 saturated carbocycles. The number of carbonyl (C=O) groups is 1. The zero-order valence-electron chi connectivity index (χ0n) is 17.8. The molecule has 3 heterocycles. The number of aromatic nitrogens is 1. The summed E-state index contributed by atoms with van der Waals surface area (Å²) < 4.78 is 83.9. The number of rotatable bonds is 0. The van der Waals surface area contributed by atoms with Gasteiger partial charge < -0.3 is 15.2 Å². The summed E-state index contributed by atoms with van der Waals surface area (Å²) in [7, 11) is 0. The van der Waals surface area contributed by atoms with Crippen LogP contribution >= 0.6 is 0 Å². The fraction of sp³-hybridized carbons (Fsp3) is 0.217. The smallest absolute Gasteiger partial charge is 0.324 e. The summed E-state index contributed by atoms with van der Waals surface area (Å²) in [5.41, 5.74) is -2.34. The van der Waals surface area contributed by atoms with Crippen molar-refractivity contribution in [3.8, 4) is 0 Å². The van der Waals surface area contributed by atoms with E-state index < -0.39 is 52.9 Å². The molecule has 0 radical (unpaired) electrons. The van der Waals surface area contributed by atoms with Crippen molar-refractivity contribution in [2.45, 2.75) is 19.1 Å². The molecule has 2 aliphatic rings. The quantitative estimate of drug-likeness (QED) is 0.460. The summed E-state index contributed by atoms with van der Waals surface area (Å²) in [5.74, 6) is -4.82. The number of hydrogen-bond acceptors (Lipinski definition) is 4. The van der Waals surface area contributed by atoms with E-state index in [1.165, 1.54) is 23.1 Å². The first-order chi connectivity index (χ1) is 16.6. The Bertz CT molecular complexity index is 1420. The Morgan fingerprint density at radius 2 is 1.60 bits per heavy atom. The predicted molar refractivity (Wildman–Crippen MR) is 114 cm³/mol. The molecule has 0 atom stereocenters. The largest absolute Gasteiger partial charge is 0.419 e. The van der Waals surface area contributed by atoms with Gasteiger partial charge in [0.05, 0.1) is 28.2 Å². The van der Waals surface area contributed by atoms with Gasteiger partial charge >= 0.3 is 6.18 Å². The minimum Gasteiger partial charge on any atom is -0.324 e. The van der Waals surface area contributed by atoms with Crippen LogP contribution in [0.1, 0.15) is 27.2 Å². The maximum atomic E-state index is 14.8. The van der Waals surface area contributed by atoms with Crippen LogP contribution in [-0.4, -0.2) is 24.1 Å². The average Bonchev–Trinajstić information content (AvgIpc) is 2.81. The van der Waals surface area contributed by atoms with Crippen molar-refractivity contribution in [3.05, 3.63) is 86.6 Å². The molecular weight excluding hydrogens is 478 g/mol. The van der Waals surface area contributed by atoms with Gasteiger partial charge in [0.25, 0.3) is 5.91 Å². The first-order valence-electron chi connectivity index (χ1n) is 10.5. The number of anilines is 3. The number of halogens is 6. The number of aromatic amines is 1. The van der Waals surface area contributed by atoms with E-state index in [2.05, 4.69) is 10.3 Å². The minimum atomic E-state index is -5.06. The van der Waals surface area contributed by atoms with E-state index in [1.807, 2.05) is 0 Å². The lowest BCUT2D eigenvalue weighted by atomic mass is 10.0. The standard InChI is InChI=1S/C23H16F6N4O2/c24-14-1-2-17-12(21(14)26)9-30-6-5-16-18(3-4-20(34)31-16)33-10-32(17)19-8-13(23(27,28)29)15(25)7-11(19)22(33)35/h1-4,7-8,30H,5-6,9-10H2,(H,31,34). The van der Waals surface area contributed by atoms with Crippen LogP contribution in [0.25, 0.3) is 0 Å². The van der Waals surface area contributed by atoms with E-state index in [9.17, 15) is 35.9 Å². The highest BCUT2D eigenvalue weighted by Crippen LogP contribution is 2.43. The van der Waals surface area contributed by atoms with Crippen molar-refractivity contribution in [3.63, 3.8) is 0 Å². The number of amides is 1. The number of benzene rings is 2. The fourth-order valence-corrected chi connectivity index (χ4v) is 4.38. The average molecular weight is 494 g/mol. The third kappa shape index (κ3) is 3.83. The molecule has 12 heteroatoms. The molecule has 1 amide bonds. The summed E-state index contributed by atoms with van der Waals surface area (Å²) in [6, 6.07) is 5.55. The van der Waals surface area contributed by atoms with Gasteiger partial charge in [0.1, 0.15) is 12.5 Å². The summed E-state index contributed by atoms with van der Waals surface area (Å²) in [5, 5.41) is 2.93. The molecule has 5 rings (SSSR count). The van der Waals surface area contributed by atoms with Crippen molar-refractivity contribution >= 4 is 23.0 Å². The Kier molecular flexibility index (Phi) is 5.35. The van der Waals surface area contributed by atoms with E-state index in [-0.39, 0.29) is 42.1 Å². The Labute approximate surface area is 193 Å². The van der Waals surface area contributed by atoms with Crippen LogP contribution in [-0.2, 0) is 19.1 Å². The minimum absolute atomic E-state index is 0.00255. The Hall–Kier alpha value is -3.80. The molecule has 2 N–H and O–H groups in total. The number of alkyl halides is 3. The number of pyridine rings is 1. The summed E-state index contributed by atoms with van der Waals surface area (Å²) in [4.78, 5) is 30.3. The summed E-state index contributed by atoms with van der Waals surface area (Å²) in [6.45, 7) is -0.394. The second kappa shape index (κ2) is 8.15. The summed E-state index contributed by atoms with van der Waals surface area (Å²) in [6.07, 6.45) is -4.87. The van der Waals surface area contributed by atoms with Crippen molar-refractivity contribution in [1.29, 1.82) is 0 Å². The monoisotopic (exact) mass is 494 g/mol. The Morgan fingerprint density at radius 1 is 0.857 bits per heavy atom. The van der Waals surface area contributed by atoms with Crippen LogP contribution in [0.3, 0.4) is 0 Å². The van der Waals surface area contributed by atoms with Gasteiger partial charge in [-0.3, -0.25) is 14.5 Å². The Morgan fingerprint density at radius 3 is 2.34 bits per heavy atom. The van der Waals surface area contributed by atoms with Crippen molar-refractivity contribution < 1.29 is 31.1 Å². The van der Waals surface area contributed by atoms with Crippen molar-refractivity contribution in [1.82, 2.24) is 10.3 Å². The molecule has 1 aromatic heterocycles. The van der Waals surface area contributed by atoms with Crippen LogP contribution in [0.2, 0.25) is 0 Å². The first-order valence-corrected chi connectivity index (χ1v) is 10.5. The second-order valence-corrected chi connectivity index (χ2v) is 8.12. The lowest BCUT2D eigenvalue weighted by Gasteiger charge is -2.39. The van der Waals surface area contributed by atoms with Crippen LogP contribution < -0.4 is 20.7 Å². The van der Waals surface area contributed by atoms with Crippen LogP contribution in [0.4, 0.5) is 43.4 Å². The molecular formula is C23H16F6N4O2. The Balaban J connectivity index is 1.81. The third-order valence-electron chi connectivity index (χ3n) is 6.02. The van der Waals surface area contributed by atoms with Crippen LogP contribution in [0.15, 0.2) is 41.2 Å². The number of fused-ring (bicyclic) bond motifs is 8. The van der Waals surface area contributed by atoms with Gasteiger partial charge in [-0.2, -0.15) is 13.2 Å². The molecule has 182 valence electrons. The van der Waals surface area contributed by atoms with Gasteiger partial charge in [-0.05, 0) is 30.3 Å². The third-order valence-corrected chi connectivity index (χ3v) is 6.02. The van der Waals surface area contributed by atoms with Gasteiger partial charge in [0.15, 0.2) is 11.6 Å². The zero-order chi connectivity index (χ0) is 25.1. The molecule has 2 bridgehead atoms. The normalized spacial score (nSPS) is 15.8. The van der Waals surface area contributed by atoms with E-state index in [1.54, 1.807) is 0 Å². The highest BCUT2D eigenvalue weighted by Gasteiger charge is 2.40. The van der Waals surface area contributed by atoms with E-state index in [0.717, 1.165) is 11.0 Å². The number of carbonyl (C=O) groups excluding carboxylic acids is 1. The number of H-pyrrole nitrogens is 1. The van der Waals surface area contributed by atoms with E-state index in [0.29, 0.717) is 17.8 Å². The van der Waals surface area contributed by atoms with E-state index >= 15 is 0 Å². The molecule has 2 aliphatic heterocycles. The highest BCUT2D eigenvalue weighted by molar-refractivity contribution is 6.13. The lowest BCUT2D eigenvalue weighted by molar-refractivity contribution is -0.139. The van der Waals surface area contributed by atoms with Crippen LogP contribution in [0.5, 0.6) is 0 Å². The highest BCUT2D eigenvalue weighted by atomic mass is 19.4. The zero-order valence-corrected chi connectivity index (χ0v) is 17.8. The number of nitrogens with one attached hydrogen (secondary N) is 2. The maximum absolute atomic E-state index is 14.8. The summed E-state index contributed by atoms with van der Waals surface area (Å²) >= 11 is 0. The SMILES string of the molecule is O=C1c2cc(F)c(C(F)(F)F)cc2N2CN1c1ccc(=O)[nH]c1CCNCc1c2ccc(F)c1F. The van der Waals surface area contributed by atoms with Gasteiger partial charge in [-0.15, -0.1) is 0 Å².